The zero-order valence-electron chi connectivity index (χ0n) is 13.0. The average Bonchev–Trinajstić information content (AvgIpc) is 3.06. The molecule has 2 N–H and O–H groups in total. The normalized spacial score (nSPS) is 11.5. The largest absolute Gasteiger partial charge is 0.338 e. The van der Waals surface area contributed by atoms with Crippen molar-refractivity contribution in [1.29, 1.82) is 0 Å². The van der Waals surface area contributed by atoms with Crippen LogP contribution in [0.2, 0.25) is 0 Å². The highest BCUT2D eigenvalue weighted by atomic mass is 32.2. The number of imidazole rings is 1. The lowest BCUT2D eigenvalue weighted by Crippen LogP contribution is -2.12. The van der Waals surface area contributed by atoms with E-state index in [1.54, 1.807) is 60.9 Å². The average molecular weight is 350 g/mol. The number of nitrogens with one attached hydrogen (secondary N) is 2. The number of rotatable bonds is 4. The third-order valence-electron chi connectivity index (χ3n) is 3.74. The molecule has 0 aliphatic heterocycles. The molecule has 2 aromatic heterocycles. The topological polar surface area (TPSA) is 87.7 Å². The number of fused-ring (bicyclic) bond motifs is 1. The van der Waals surface area contributed by atoms with Crippen LogP contribution >= 0.6 is 0 Å². The maximum absolute atomic E-state index is 12.4. The quantitative estimate of drug-likeness (QED) is 0.590. The summed E-state index contributed by atoms with van der Waals surface area (Å²) in [7, 11) is -3.62. The number of anilines is 1. The molecule has 0 amide bonds. The number of hydrogen-bond acceptors (Lipinski definition) is 4. The third-order valence-corrected chi connectivity index (χ3v) is 5.14. The van der Waals surface area contributed by atoms with Gasteiger partial charge < -0.3 is 4.98 Å². The van der Waals surface area contributed by atoms with Crippen LogP contribution in [0, 0.1) is 0 Å². The Morgan fingerprint density at radius 3 is 2.44 bits per heavy atom. The molecule has 25 heavy (non-hydrogen) atoms. The smallest absolute Gasteiger partial charge is 0.261 e. The van der Waals surface area contributed by atoms with Crippen molar-refractivity contribution >= 4 is 26.7 Å². The molecule has 7 heteroatoms. The molecule has 0 aliphatic rings. The fourth-order valence-corrected chi connectivity index (χ4v) is 3.60. The Morgan fingerprint density at radius 1 is 0.920 bits per heavy atom. The molecule has 0 fully saturated rings. The van der Waals surface area contributed by atoms with Crippen molar-refractivity contribution in [2.24, 2.45) is 0 Å². The van der Waals surface area contributed by atoms with E-state index >= 15 is 0 Å². The molecule has 6 nitrogen and oxygen atoms in total. The molecular formula is C18H14N4O2S. The Hall–Kier alpha value is -3.19. The first kappa shape index (κ1) is 15.3. The highest BCUT2D eigenvalue weighted by molar-refractivity contribution is 7.92. The monoisotopic (exact) mass is 350 g/mol. The fraction of sp³-hybridized carbons (Fsp3) is 0. The molecule has 2 heterocycles. The first-order chi connectivity index (χ1) is 12.1. The number of hydrogen-bond donors (Lipinski definition) is 2. The number of aromatic amines is 1. The Labute approximate surface area is 144 Å². The van der Waals surface area contributed by atoms with E-state index in [4.69, 9.17) is 0 Å². The molecule has 0 radical (unpaired) electrons. The second kappa shape index (κ2) is 6.03. The van der Waals surface area contributed by atoms with E-state index in [0.717, 1.165) is 16.6 Å². The summed E-state index contributed by atoms with van der Waals surface area (Å²) in [5.41, 5.74) is 2.90. The Balaban J connectivity index is 1.68. The highest BCUT2D eigenvalue weighted by Crippen LogP contribution is 2.24. The van der Waals surface area contributed by atoms with Gasteiger partial charge in [0.15, 0.2) is 0 Å². The minimum atomic E-state index is -3.62. The zero-order chi connectivity index (χ0) is 17.3. The van der Waals surface area contributed by atoms with Gasteiger partial charge in [-0.05, 0) is 42.5 Å². The summed E-state index contributed by atoms with van der Waals surface area (Å²) in [5.74, 6) is 0.709. The van der Waals surface area contributed by atoms with E-state index in [2.05, 4.69) is 19.7 Å². The summed E-state index contributed by atoms with van der Waals surface area (Å²) in [4.78, 5) is 11.9. The number of sulfonamides is 1. The molecular weight excluding hydrogens is 336 g/mol. The van der Waals surface area contributed by atoms with Crippen molar-refractivity contribution in [3.05, 3.63) is 73.1 Å². The van der Waals surface area contributed by atoms with Gasteiger partial charge in [0.2, 0.25) is 0 Å². The van der Waals surface area contributed by atoms with Crippen LogP contribution in [0.4, 0.5) is 5.69 Å². The predicted molar refractivity (Wildman–Crippen MR) is 96.6 cm³/mol. The van der Waals surface area contributed by atoms with Crippen LogP contribution in [-0.4, -0.2) is 23.4 Å². The summed E-state index contributed by atoms with van der Waals surface area (Å²) in [6, 6.07) is 17.2. The summed E-state index contributed by atoms with van der Waals surface area (Å²) in [6.07, 6.45) is 3.39. The SMILES string of the molecule is O=S(=O)(Nc1ccc2nc(-c3ccncc3)[nH]c2c1)c1ccccc1. The second-order valence-corrected chi connectivity index (χ2v) is 7.15. The van der Waals surface area contributed by atoms with Gasteiger partial charge in [-0.15, -0.1) is 0 Å². The van der Waals surface area contributed by atoms with Crippen LogP contribution in [0.1, 0.15) is 0 Å². The van der Waals surface area contributed by atoms with Crippen molar-refractivity contribution in [2.45, 2.75) is 4.90 Å². The van der Waals surface area contributed by atoms with E-state index < -0.39 is 10.0 Å². The standard InChI is InChI=1S/C18H14N4O2S/c23-25(24,15-4-2-1-3-5-15)22-14-6-7-16-17(12-14)21-18(20-16)13-8-10-19-11-9-13/h1-12,22H,(H,20,21). The predicted octanol–water partition coefficient (Wildman–Crippen LogP) is 3.43. The zero-order valence-corrected chi connectivity index (χ0v) is 13.9. The lowest BCUT2D eigenvalue weighted by Gasteiger charge is -2.07. The molecule has 4 aromatic rings. The van der Waals surface area contributed by atoms with Gasteiger partial charge in [-0.3, -0.25) is 9.71 Å². The van der Waals surface area contributed by atoms with Crippen molar-refractivity contribution in [1.82, 2.24) is 15.0 Å². The Bertz CT molecular complexity index is 1120. The number of H-pyrrole nitrogens is 1. The van der Waals surface area contributed by atoms with Gasteiger partial charge in [-0.25, -0.2) is 13.4 Å². The molecule has 124 valence electrons. The van der Waals surface area contributed by atoms with E-state index in [1.165, 1.54) is 0 Å². The number of benzene rings is 2. The van der Waals surface area contributed by atoms with Crippen LogP contribution in [0.3, 0.4) is 0 Å². The van der Waals surface area contributed by atoms with E-state index in [1.807, 2.05) is 12.1 Å². The summed E-state index contributed by atoms with van der Waals surface area (Å²) in [6.45, 7) is 0. The summed E-state index contributed by atoms with van der Waals surface area (Å²) < 4.78 is 27.4. The molecule has 0 saturated heterocycles. The van der Waals surface area contributed by atoms with Gasteiger partial charge in [-0.2, -0.15) is 0 Å². The van der Waals surface area contributed by atoms with Crippen molar-refractivity contribution in [3.63, 3.8) is 0 Å². The van der Waals surface area contributed by atoms with Gasteiger partial charge in [0.1, 0.15) is 5.82 Å². The van der Waals surface area contributed by atoms with Crippen LogP contribution in [0.5, 0.6) is 0 Å². The van der Waals surface area contributed by atoms with Crippen LogP contribution in [-0.2, 0) is 10.0 Å². The van der Waals surface area contributed by atoms with Crippen molar-refractivity contribution in [2.75, 3.05) is 4.72 Å². The third kappa shape index (κ3) is 3.09. The molecule has 0 aliphatic carbocycles. The van der Waals surface area contributed by atoms with Crippen LogP contribution in [0.25, 0.3) is 22.4 Å². The van der Waals surface area contributed by atoms with Crippen LogP contribution in [0.15, 0.2) is 78.0 Å². The van der Waals surface area contributed by atoms with Gasteiger partial charge in [0.25, 0.3) is 10.0 Å². The summed E-state index contributed by atoms with van der Waals surface area (Å²) >= 11 is 0. The minimum Gasteiger partial charge on any atom is -0.338 e. The molecule has 0 unspecified atom stereocenters. The van der Waals surface area contributed by atoms with E-state index in [0.29, 0.717) is 11.5 Å². The number of aromatic nitrogens is 3. The maximum Gasteiger partial charge on any atom is 0.261 e. The first-order valence-electron chi connectivity index (χ1n) is 7.60. The van der Waals surface area contributed by atoms with Crippen molar-refractivity contribution in [3.8, 4) is 11.4 Å². The molecule has 2 aromatic carbocycles. The van der Waals surface area contributed by atoms with Gasteiger partial charge in [-0.1, -0.05) is 18.2 Å². The highest BCUT2D eigenvalue weighted by Gasteiger charge is 2.14. The van der Waals surface area contributed by atoms with E-state index in [-0.39, 0.29) is 4.90 Å². The lowest BCUT2D eigenvalue weighted by atomic mass is 10.2. The fourth-order valence-electron chi connectivity index (χ4n) is 2.53. The number of pyridine rings is 1. The maximum atomic E-state index is 12.4. The summed E-state index contributed by atoms with van der Waals surface area (Å²) in [5, 5.41) is 0. The van der Waals surface area contributed by atoms with Gasteiger partial charge in [0.05, 0.1) is 21.6 Å². The molecule has 0 spiro atoms. The van der Waals surface area contributed by atoms with Gasteiger partial charge in [0, 0.05) is 18.0 Å². The molecule has 0 bridgehead atoms. The minimum absolute atomic E-state index is 0.220. The molecule has 0 atom stereocenters. The first-order valence-corrected chi connectivity index (χ1v) is 9.08. The van der Waals surface area contributed by atoms with E-state index in [9.17, 15) is 8.42 Å². The Morgan fingerprint density at radius 2 is 1.68 bits per heavy atom. The Kier molecular flexibility index (Phi) is 3.70. The lowest BCUT2D eigenvalue weighted by molar-refractivity contribution is 0.601. The van der Waals surface area contributed by atoms with Crippen molar-refractivity contribution < 1.29 is 8.42 Å². The second-order valence-electron chi connectivity index (χ2n) is 5.47. The number of nitrogens with zero attached hydrogens (tertiary/aromatic N) is 2. The molecule has 0 saturated carbocycles. The molecule has 4 rings (SSSR count). The van der Waals surface area contributed by atoms with Crippen LogP contribution < -0.4 is 4.72 Å². The van der Waals surface area contributed by atoms with Gasteiger partial charge >= 0.3 is 0 Å².